The van der Waals surface area contributed by atoms with Crippen molar-refractivity contribution < 1.29 is 4.79 Å². The van der Waals surface area contributed by atoms with E-state index in [0.717, 1.165) is 45.4 Å². The van der Waals surface area contributed by atoms with Gasteiger partial charge >= 0.3 is 0 Å². The Balaban J connectivity index is 1.46. The quantitative estimate of drug-likeness (QED) is 0.755. The monoisotopic (exact) mass is 277 g/mol. The molecular formula is C16H27N3O. The average Bonchev–Trinajstić information content (AvgIpc) is 2.90. The molecule has 1 aliphatic carbocycles. The third-order valence-electron chi connectivity index (χ3n) is 6.58. The van der Waals surface area contributed by atoms with Crippen molar-refractivity contribution in [1.82, 2.24) is 15.5 Å². The van der Waals surface area contributed by atoms with Crippen LogP contribution in [0.15, 0.2) is 0 Å². The molecule has 3 heterocycles. The number of likely N-dealkylation sites (tertiary alicyclic amines) is 1. The van der Waals surface area contributed by atoms with Crippen molar-refractivity contribution in [2.24, 2.45) is 11.3 Å². The maximum Gasteiger partial charge on any atom is 0.230 e. The fourth-order valence-corrected chi connectivity index (χ4v) is 5.03. The summed E-state index contributed by atoms with van der Waals surface area (Å²) >= 11 is 0. The summed E-state index contributed by atoms with van der Waals surface area (Å²) in [6.45, 7) is 5.10. The summed E-state index contributed by atoms with van der Waals surface area (Å²) in [7, 11) is 0. The van der Waals surface area contributed by atoms with E-state index in [4.69, 9.17) is 0 Å². The third-order valence-corrected chi connectivity index (χ3v) is 6.58. The Morgan fingerprint density at radius 2 is 1.90 bits per heavy atom. The minimum atomic E-state index is -0.0458. The fourth-order valence-electron chi connectivity index (χ4n) is 5.03. The second-order valence-electron chi connectivity index (χ2n) is 7.48. The van der Waals surface area contributed by atoms with Crippen molar-refractivity contribution in [2.45, 2.75) is 50.5 Å². The number of hydrogen-bond acceptors (Lipinski definition) is 3. The summed E-state index contributed by atoms with van der Waals surface area (Å²) < 4.78 is 0. The maximum absolute atomic E-state index is 13.1. The Morgan fingerprint density at radius 1 is 1.10 bits per heavy atom. The molecule has 4 nitrogen and oxygen atoms in total. The minimum absolute atomic E-state index is 0.0458. The highest BCUT2D eigenvalue weighted by molar-refractivity contribution is 5.84. The van der Waals surface area contributed by atoms with Crippen molar-refractivity contribution in [3.05, 3.63) is 0 Å². The number of hydrogen-bond donors (Lipinski definition) is 2. The number of carbonyl (C=O) groups excluding carboxylic acids is 1. The molecule has 3 saturated heterocycles. The van der Waals surface area contributed by atoms with E-state index in [1.165, 1.54) is 32.2 Å². The van der Waals surface area contributed by atoms with Gasteiger partial charge in [-0.05, 0) is 51.1 Å². The van der Waals surface area contributed by atoms with Gasteiger partial charge in [-0.1, -0.05) is 12.8 Å². The van der Waals surface area contributed by atoms with Crippen LogP contribution in [0.25, 0.3) is 0 Å². The second kappa shape index (κ2) is 4.70. The Kier molecular flexibility index (Phi) is 3.08. The first-order chi connectivity index (χ1) is 9.74. The number of carbonyl (C=O) groups is 1. The lowest BCUT2D eigenvalue weighted by atomic mass is 9.67. The first-order valence-electron chi connectivity index (χ1n) is 8.49. The summed E-state index contributed by atoms with van der Waals surface area (Å²) in [6, 6.07) is 0. The Bertz CT molecular complexity index is 397. The molecule has 2 N–H and O–H groups in total. The highest BCUT2D eigenvalue weighted by Gasteiger charge is 2.52. The Labute approximate surface area is 121 Å². The minimum Gasteiger partial charge on any atom is -0.342 e. The lowest BCUT2D eigenvalue weighted by Crippen LogP contribution is -2.63. The molecule has 1 spiro atoms. The van der Waals surface area contributed by atoms with Crippen molar-refractivity contribution >= 4 is 5.91 Å². The Hall–Kier alpha value is -0.610. The van der Waals surface area contributed by atoms with Gasteiger partial charge in [0.05, 0.1) is 5.41 Å². The van der Waals surface area contributed by atoms with E-state index in [2.05, 4.69) is 15.5 Å². The van der Waals surface area contributed by atoms with E-state index in [9.17, 15) is 4.79 Å². The molecule has 0 aromatic heterocycles. The van der Waals surface area contributed by atoms with E-state index in [1.807, 2.05) is 0 Å². The molecular weight excluding hydrogens is 250 g/mol. The highest BCUT2D eigenvalue weighted by atomic mass is 16.2. The molecule has 1 saturated carbocycles. The predicted molar refractivity (Wildman–Crippen MR) is 78.4 cm³/mol. The summed E-state index contributed by atoms with van der Waals surface area (Å²) in [5.41, 5.74) is 0.351. The third kappa shape index (κ3) is 1.84. The van der Waals surface area contributed by atoms with Gasteiger partial charge in [0.25, 0.3) is 0 Å². The number of rotatable bonds is 1. The Morgan fingerprint density at radius 3 is 2.60 bits per heavy atom. The van der Waals surface area contributed by atoms with Crippen LogP contribution in [0.1, 0.15) is 44.9 Å². The molecule has 1 amide bonds. The lowest BCUT2D eigenvalue weighted by Gasteiger charge is -2.50. The number of nitrogens with zero attached hydrogens (tertiary/aromatic N) is 1. The molecule has 0 aromatic rings. The standard InChI is InChI=1S/C16H27N3O/c20-14(16-4-2-1-3-13(16)11-17-12-16)19-9-6-15(7-10-19)5-8-18-15/h13,17-18H,1-12H2/t13-,16+/m0/s1. The molecule has 3 aliphatic heterocycles. The molecule has 2 atom stereocenters. The second-order valence-corrected chi connectivity index (χ2v) is 7.48. The van der Waals surface area contributed by atoms with Crippen LogP contribution in [0.2, 0.25) is 0 Å². The molecule has 20 heavy (non-hydrogen) atoms. The van der Waals surface area contributed by atoms with Gasteiger partial charge in [-0.3, -0.25) is 4.79 Å². The largest absolute Gasteiger partial charge is 0.342 e. The summed E-state index contributed by atoms with van der Waals surface area (Å²) in [4.78, 5) is 15.3. The summed E-state index contributed by atoms with van der Waals surface area (Å²) in [5, 5.41) is 7.10. The van der Waals surface area contributed by atoms with Gasteiger partial charge in [0, 0.05) is 25.2 Å². The van der Waals surface area contributed by atoms with Gasteiger partial charge < -0.3 is 15.5 Å². The average molecular weight is 277 g/mol. The van der Waals surface area contributed by atoms with Crippen LogP contribution in [-0.2, 0) is 4.79 Å². The SMILES string of the molecule is O=C(N1CCC2(CCN2)CC1)[C@@]12CCCC[C@H]1CNC2. The van der Waals surface area contributed by atoms with E-state index >= 15 is 0 Å². The van der Waals surface area contributed by atoms with E-state index in [1.54, 1.807) is 0 Å². The number of amides is 1. The number of nitrogens with one attached hydrogen (secondary N) is 2. The van der Waals surface area contributed by atoms with Crippen molar-refractivity contribution in [1.29, 1.82) is 0 Å². The van der Waals surface area contributed by atoms with Crippen LogP contribution in [0.5, 0.6) is 0 Å². The van der Waals surface area contributed by atoms with Gasteiger partial charge in [-0.15, -0.1) is 0 Å². The van der Waals surface area contributed by atoms with Crippen LogP contribution < -0.4 is 10.6 Å². The van der Waals surface area contributed by atoms with Gasteiger partial charge in [-0.2, -0.15) is 0 Å². The van der Waals surface area contributed by atoms with Crippen LogP contribution in [0, 0.1) is 11.3 Å². The number of fused-ring (bicyclic) bond motifs is 1. The van der Waals surface area contributed by atoms with Gasteiger partial charge in [-0.25, -0.2) is 0 Å². The maximum atomic E-state index is 13.1. The first kappa shape index (κ1) is 13.1. The van der Waals surface area contributed by atoms with Gasteiger partial charge in [0.15, 0.2) is 0 Å². The zero-order valence-electron chi connectivity index (χ0n) is 12.4. The van der Waals surface area contributed by atoms with Crippen molar-refractivity contribution in [3.63, 3.8) is 0 Å². The normalized spacial score (nSPS) is 39.4. The molecule has 4 aliphatic rings. The topological polar surface area (TPSA) is 44.4 Å². The van der Waals surface area contributed by atoms with Gasteiger partial charge in [0.2, 0.25) is 5.91 Å². The summed E-state index contributed by atoms with van der Waals surface area (Å²) in [5.74, 6) is 1.07. The summed E-state index contributed by atoms with van der Waals surface area (Å²) in [6.07, 6.45) is 8.54. The molecule has 4 heteroatoms. The van der Waals surface area contributed by atoms with E-state index < -0.39 is 0 Å². The van der Waals surface area contributed by atoms with Crippen LogP contribution in [-0.4, -0.2) is 49.1 Å². The highest BCUT2D eigenvalue weighted by Crippen LogP contribution is 2.45. The van der Waals surface area contributed by atoms with Crippen molar-refractivity contribution in [3.8, 4) is 0 Å². The smallest absolute Gasteiger partial charge is 0.230 e. The fraction of sp³-hybridized carbons (Fsp3) is 0.938. The zero-order valence-corrected chi connectivity index (χ0v) is 12.4. The molecule has 0 unspecified atom stereocenters. The first-order valence-corrected chi connectivity index (χ1v) is 8.49. The zero-order chi connectivity index (χ0) is 13.6. The van der Waals surface area contributed by atoms with E-state index in [0.29, 0.717) is 17.4 Å². The molecule has 4 rings (SSSR count). The molecule has 4 fully saturated rings. The molecule has 112 valence electrons. The van der Waals surface area contributed by atoms with Crippen LogP contribution in [0.3, 0.4) is 0 Å². The predicted octanol–water partition coefficient (Wildman–Crippen LogP) is 1.12. The van der Waals surface area contributed by atoms with E-state index in [-0.39, 0.29) is 5.41 Å². The lowest BCUT2D eigenvalue weighted by molar-refractivity contribution is -0.147. The number of piperidine rings is 1. The molecule has 0 bridgehead atoms. The van der Waals surface area contributed by atoms with Crippen molar-refractivity contribution in [2.75, 3.05) is 32.7 Å². The van der Waals surface area contributed by atoms with Crippen LogP contribution >= 0.6 is 0 Å². The molecule has 0 aromatic carbocycles. The van der Waals surface area contributed by atoms with Crippen LogP contribution in [0.4, 0.5) is 0 Å². The van der Waals surface area contributed by atoms with Gasteiger partial charge in [0.1, 0.15) is 0 Å². The molecule has 0 radical (unpaired) electrons.